The van der Waals surface area contributed by atoms with Gasteiger partial charge < -0.3 is 15.0 Å². The van der Waals surface area contributed by atoms with E-state index in [2.05, 4.69) is 21.2 Å². The number of carbonyl (C=O) groups is 2. The Bertz CT molecular complexity index is 873. The van der Waals surface area contributed by atoms with Gasteiger partial charge in [-0.3, -0.25) is 9.59 Å². The lowest BCUT2D eigenvalue weighted by molar-refractivity contribution is -0.142. The molecule has 2 aromatic rings. The minimum atomic E-state index is -0.702. The lowest BCUT2D eigenvalue weighted by atomic mass is 10.1. The molecule has 162 valence electrons. The highest BCUT2D eigenvalue weighted by molar-refractivity contribution is 9.10. The van der Waals surface area contributed by atoms with Crippen molar-refractivity contribution in [2.45, 2.75) is 52.7 Å². The van der Waals surface area contributed by atoms with E-state index >= 15 is 0 Å². The van der Waals surface area contributed by atoms with Gasteiger partial charge in [-0.15, -0.1) is 0 Å². The second-order valence-corrected chi connectivity index (χ2v) is 8.20. The molecule has 0 aliphatic rings. The summed E-state index contributed by atoms with van der Waals surface area (Å²) >= 11 is 3.43. The van der Waals surface area contributed by atoms with Crippen LogP contribution in [0.1, 0.15) is 38.3 Å². The van der Waals surface area contributed by atoms with Gasteiger partial charge >= 0.3 is 0 Å². The van der Waals surface area contributed by atoms with E-state index in [1.807, 2.05) is 32.9 Å². The van der Waals surface area contributed by atoms with Crippen LogP contribution in [0.25, 0.3) is 0 Å². The van der Waals surface area contributed by atoms with E-state index < -0.39 is 6.04 Å². The van der Waals surface area contributed by atoms with E-state index in [0.29, 0.717) is 5.75 Å². The summed E-state index contributed by atoms with van der Waals surface area (Å²) in [6.45, 7) is 7.48. The smallest absolute Gasteiger partial charge is 0.261 e. The van der Waals surface area contributed by atoms with Gasteiger partial charge in [0, 0.05) is 17.1 Å². The third-order valence-corrected chi connectivity index (χ3v) is 5.82. The average Bonchev–Trinajstić information content (AvgIpc) is 2.73. The molecular weight excluding hydrogens is 451 g/mol. The van der Waals surface area contributed by atoms with Crippen LogP contribution >= 0.6 is 15.9 Å². The highest BCUT2D eigenvalue weighted by Crippen LogP contribution is 2.22. The number of hydrogen-bond acceptors (Lipinski definition) is 3. The SMILES string of the molecule is CC[C@H](C)NC(=O)[C@@H](C)N(Cc1ccc(F)cc1)C(=O)COc1ccc(Br)c(C)c1. The van der Waals surface area contributed by atoms with Gasteiger partial charge in [-0.05, 0) is 68.7 Å². The normalized spacial score (nSPS) is 12.7. The molecule has 7 heteroatoms. The highest BCUT2D eigenvalue weighted by Gasteiger charge is 2.27. The van der Waals surface area contributed by atoms with E-state index in [1.165, 1.54) is 17.0 Å². The van der Waals surface area contributed by atoms with E-state index in [9.17, 15) is 14.0 Å². The van der Waals surface area contributed by atoms with Crippen LogP contribution in [-0.2, 0) is 16.1 Å². The number of nitrogens with zero attached hydrogens (tertiary/aromatic N) is 1. The van der Waals surface area contributed by atoms with Crippen LogP contribution < -0.4 is 10.1 Å². The molecule has 30 heavy (non-hydrogen) atoms. The summed E-state index contributed by atoms with van der Waals surface area (Å²) in [6, 6.07) is 10.6. The van der Waals surface area contributed by atoms with Crippen molar-refractivity contribution in [3.8, 4) is 5.75 Å². The van der Waals surface area contributed by atoms with Crippen molar-refractivity contribution in [3.63, 3.8) is 0 Å². The number of halogens is 2. The fraction of sp³-hybridized carbons (Fsp3) is 0.391. The summed E-state index contributed by atoms with van der Waals surface area (Å²) in [6.07, 6.45) is 0.788. The number of rotatable bonds is 9. The highest BCUT2D eigenvalue weighted by atomic mass is 79.9. The molecule has 0 aromatic heterocycles. The number of aryl methyl sites for hydroxylation is 1. The first-order chi connectivity index (χ1) is 14.2. The molecule has 0 fully saturated rings. The maximum Gasteiger partial charge on any atom is 0.261 e. The Morgan fingerprint density at radius 3 is 2.43 bits per heavy atom. The molecule has 1 N–H and O–H groups in total. The summed E-state index contributed by atoms with van der Waals surface area (Å²) in [4.78, 5) is 27.1. The molecule has 2 amide bonds. The molecule has 2 rings (SSSR count). The van der Waals surface area contributed by atoms with Crippen molar-refractivity contribution < 1.29 is 18.7 Å². The second-order valence-electron chi connectivity index (χ2n) is 7.34. The van der Waals surface area contributed by atoms with Crippen LogP contribution in [-0.4, -0.2) is 35.4 Å². The van der Waals surface area contributed by atoms with E-state index in [0.717, 1.165) is 22.0 Å². The molecule has 0 aliphatic heterocycles. The molecule has 0 saturated carbocycles. The van der Waals surface area contributed by atoms with Gasteiger partial charge in [0.05, 0.1) is 0 Å². The first-order valence-electron chi connectivity index (χ1n) is 9.94. The van der Waals surface area contributed by atoms with Crippen molar-refractivity contribution >= 4 is 27.7 Å². The van der Waals surface area contributed by atoms with Crippen molar-refractivity contribution in [1.29, 1.82) is 0 Å². The summed E-state index contributed by atoms with van der Waals surface area (Å²) in [5, 5.41) is 2.91. The summed E-state index contributed by atoms with van der Waals surface area (Å²) in [7, 11) is 0. The summed E-state index contributed by atoms with van der Waals surface area (Å²) in [5.74, 6) is -0.346. The predicted molar refractivity (Wildman–Crippen MR) is 119 cm³/mol. The van der Waals surface area contributed by atoms with Crippen LogP contribution in [0.15, 0.2) is 46.9 Å². The zero-order valence-corrected chi connectivity index (χ0v) is 19.3. The summed E-state index contributed by atoms with van der Waals surface area (Å²) in [5.41, 5.74) is 1.72. The summed E-state index contributed by atoms with van der Waals surface area (Å²) < 4.78 is 19.9. The third kappa shape index (κ3) is 6.83. The molecule has 0 saturated heterocycles. The topological polar surface area (TPSA) is 58.6 Å². The van der Waals surface area contributed by atoms with E-state index in [-0.39, 0.29) is 36.8 Å². The fourth-order valence-corrected chi connectivity index (χ4v) is 3.02. The largest absolute Gasteiger partial charge is 0.484 e. The number of benzene rings is 2. The average molecular weight is 479 g/mol. The Morgan fingerprint density at radius 2 is 1.83 bits per heavy atom. The molecule has 2 atom stereocenters. The van der Waals surface area contributed by atoms with Crippen LogP contribution in [0.3, 0.4) is 0 Å². The van der Waals surface area contributed by atoms with Gasteiger partial charge in [-0.25, -0.2) is 4.39 Å². The first-order valence-corrected chi connectivity index (χ1v) is 10.7. The van der Waals surface area contributed by atoms with E-state index in [4.69, 9.17) is 4.74 Å². The number of carbonyl (C=O) groups excluding carboxylic acids is 2. The molecule has 0 bridgehead atoms. The third-order valence-electron chi connectivity index (χ3n) is 4.93. The Hall–Kier alpha value is -2.41. The molecule has 0 spiro atoms. The van der Waals surface area contributed by atoms with Crippen molar-refractivity contribution in [2.24, 2.45) is 0 Å². The Kier molecular flexibility index (Phi) is 8.84. The maximum atomic E-state index is 13.3. The lowest BCUT2D eigenvalue weighted by Crippen LogP contribution is -2.50. The minimum Gasteiger partial charge on any atom is -0.484 e. The predicted octanol–water partition coefficient (Wildman–Crippen LogP) is 4.61. The van der Waals surface area contributed by atoms with Gasteiger partial charge in [0.2, 0.25) is 5.91 Å². The maximum absolute atomic E-state index is 13.3. The van der Waals surface area contributed by atoms with Crippen LogP contribution in [0.5, 0.6) is 5.75 Å². The van der Waals surface area contributed by atoms with Crippen LogP contribution in [0.4, 0.5) is 4.39 Å². The van der Waals surface area contributed by atoms with Crippen LogP contribution in [0.2, 0.25) is 0 Å². The quantitative estimate of drug-likeness (QED) is 0.572. The molecule has 0 aliphatic carbocycles. The number of ether oxygens (including phenoxy) is 1. The van der Waals surface area contributed by atoms with Gasteiger partial charge in [0.25, 0.3) is 5.91 Å². The van der Waals surface area contributed by atoms with Crippen molar-refractivity contribution in [2.75, 3.05) is 6.61 Å². The molecule has 5 nitrogen and oxygen atoms in total. The minimum absolute atomic E-state index is 0.00436. The van der Waals surface area contributed by atoms with Gasteiger partial charge in [0.1, 0.15) is 17.6 Å². The first kappa shape index (κ1) is 23.9. The Morgan fingerprint density at radius 1 is 1.17 bits per heavy atom. The molecule has 2 aromatic carbocycles. The molecule has 0 unspecified atom stereocenters. The lowest BCUT2D eigenvalue weighted by Gasteiger charge is -2.29. The van der Waals surface area contributed by atoms with Crippen molar-refractivity contribution in [1.82, 2.24) is 10.2 Å². The second kappa shape index (κ2) is 11.1. The van der Waals surface area contributed by atoms with E-state index in [1.54, 1.807) is 25.1 Å². The molecular formula is C23H28BrFN2O3. The van der Waals surface area contributed by atoms with Gasteiger partial charge in [0.15, 0.2) is 6.61 Å². The number of amides is 2. The molecule has 0 radical (unpaired) electrons. The Balaban J connectivity index is 2.15. The zero-order chi connectivity index (χ0) is 22.3. The van der Waals surface area contributed by atoms with Gasteiger partial charge in [-0.1, -0.05) is 35.0 Å². The zero-order valence-electron chi connectivity index (χ0n) is 17.7. The fourth-order valence-electron chi connectivity index (χ4n) is 2.77. The number of nitrogens with one attached hydrogen (secondary N) is 1. The standard InChI is InChI=1S/C23H28BrFN2O3/c1-5-16(3)26-23(29)17(4)27(13-18-6-8-19(25)9-7-18)22(28)14-30-20-10-11-21(24)15(2)12-20/h6-12,16-17H,5,13-14H2,1-4H3,(H,26,29)/t16-,17+/m0/s1. The molecule has 0 heterocycles. The Labute approximate surface area is 185 Å². The monoisotopic (exact) mass is 478 g/mol. The van der Waals surface area contributed by atoms with Crippen molar-refractivity contribution in [3.05, 3.63) is 63.9 Å². The van der Waals surface area contributed by atoms with Crippen LogP contribution in [0, 0.1) is 12.7 Å². The van der Waals surface area contributed by atoms with Gasteiger partial charge in [-0.2, -0.15) is 0 Å². The number of hydrogen-bond donors (Lipinski definition) is 1.